The van der Waals surface area contributed by atoms with Crippen LogP contribution in [0.4, 0.5) is 5.82 Å². The molecule has 0 unspecified atom stereocenters. The lowest BCUT2D eigenvalue weighted by atomic mass is 10.0. The van der Waals surface area contributed by atoms with Crippen molar-refractivity contribution >= 4 is 51.6 Å². The first-order valence-electron chi connectivity index (χ1n) is 6.12. The molecule has 3 N–H and O–H groups in total. The molecule has 0 fully saturated rings. The second kappa shape index (κ2) is 5.87. The Bertz CT molecular complexity index is 814. The Hall–Kier alpha value is -1.24. The van der Waals surface area contributed by atoms with Crippen molar-refractivity contribution in [3.8, 4) is 22.4 Å². The average Bonchev–Trinajstić information content (AvgIpc) is 2.84. The van der Waals surface area contributed by atoms with Crippen molar-refractivity contribution in [2.24, 2.45) is 0 Å². The monoisotopic (exact) mass is 429 g/mol. The zero-order valence-corrected chi connectivity index (χ0v) is 14.4. The van der Waals surface area contributed by atoms with E-state index in [1.165, 1.54) is 0 Å². The average molecular weight is 430 g/mol. The molecule has 0 bridgehead atoms. The molecule has 6 heteroatoms. The zero-order valence-electron chi connectivity index (χ0n) is 10.7. The number of aromatic nitrogens is 2. The van der Waals surface area contributed by atoms with Gasteiger partial charge < -0.3 is 5.73 Å². The third-order valence-corrected chi connectivity index (χ3v) is 4.83. The molecule has 3 nitrogen and oxygen atoms in total. The molecule has 2 aromatic carbocycles. The molecule has 106 valence electrons. The van der Waals surface area contributed by atoms with Crippen LogP contribution >= 0.6 is 45.8 Å². The molecule has 0 radical (unpaired) electrons. The highest BCUT2D eigenvalue weighted by Gasteiger charge is 2.17. The maximum atomic E-state index is 6.11. The quantitative estimate of drug-likeness (QED) is 0.547. The molecular formula is C15H10Cl2IN3. The minimum Gasteiger partial charge on any atom is -0.382 e. The summed E-state index contributed by atoms with van der Waals surface area (Å²) < 4.78 is 1.11. The van der Waals surface area contributed by atoms with Gasteiger partial charge in [-0.2, -0.15) is 5.10 Å². The standard InChI is InChI=1S/C15H10Cl2IN3/c16-10-6-5-8(7-11(10)17)13-14(20-21-15(13)19)9-3-1-2-4-12(9)18/h1-7H,(H3,19,20,21). The van der Waals surface area contributed by atoms with Crippen molar-refractivity contribution in [3.63, 3.8) is 0 Å². The predicted molar refractivity (Wildman–Crippen MR) is 96.6 cm³/mol. The first kappa shape index (κ1) is 14.7. The van der Waals surface area contributed by atoms with Gasteiger partial charge in [0.05, 0.1) is 21.3 Å². The van der Waals surface area contributed by atoms with Crippen molar-refractivity contribution < 1.29 is 0 Å². The van der Waals surface area contributed by atoms with Crippen LogP contribution in [0, 0.1) is 3.57 Å². The number of nitrogen functional groups attached to an aromatic ring is 1. The summed E-state index contributed by atoms with van der Waals surface area (Å²) >= 11 is 14.4. The van der Waals surface area contributed by atoms with E-state index < -0.39 is 0 Å². The van der Waals surface area contributed by atoms with Gasteiger partial charge >= 0.3 is 0 Å². The third-order valence-electron chi connectivity index (χ3n) is 3.15. The Morgan fingerprint density at radius 3 is 2.52 bits per heavy atom. The van der Waals surface area contributed by atoms with Gasteiger partial charge in [0.25, 0.3) is 0 Å². The number of hydrogen-bond acceptors (Lipinski definition) is 2. The number of aromatic amines is 1. The van der Waals surface area contributed by atoms with Gasteiger partial charge in [-0.25, -0.2) is 0 Å². The number of benzene rings is 2. The summed E-state index contributed by atoms with van der Waals surface area (Å²) in [5.41, 5.74) is 9.66. The Balaban J connectivity index is 2.22. The van der Waals surface area contributed by atoms with E-state index in [1.807, 2.05) is 30.3 Å². The molecule has 1 aromatic heterocycles. The van der Waals surface area contributed by atoms with E-state index in [1.54, 1.807) is 12.1 Å². The van der Waals surface area contributed by atoms with E-state index in [9.17, 15) is 0 Å². The molecule has 0 saturated carbocycles. The van der Waals surface area contributed by atoms with E-state index in [0.717, 1.165) is 26.0 Å². The van der Waals surface area contributed by atoms with Crippen molar-refractivity contribution in [1.82, 2.24) is 10.2 Å². The van der Waals surface area contributed by atoms with Gasteiger partial charge in [-0.15, -0.1) is 0 Å². The molecule has 3 rings (SSSR count). The number of hydrogen-bond donors (Lipinski definition) is 2. The lowest BCUT2D eigenvalue weighted by molar-refractivity contribution is 1.10. The minimum absolute atomic E-state index is 0.433. The summed E-state index contributed by atoms with van der Waals surface area (Å²) in [6, 6.07) is 13.5. The first-order valence-corrected chi connectivity index (χ1v) is 7.95. The highest BCUT2D eigenvalue weighted by molar-refractivity contribution is 14.1. The topological polar surface area (TPSA) is 54.7 Å². The van der Waals surface area contributed by atoms with Crippen LogP contribution in [0.1, 0.15) is 0 Å². The molecule has 0 aliphatic rings. The largest absolute Gasteiger partial charge is 0.382 e. The molecule has 0 spiro atoms. The van der Waals surface area contributed by atoms with Gasteiger partial charge in [-0.05, 0) is 46.4 Å². The molecule has 3 aromatic rings. The summed E-state index contributed by atoms with van der Waals surface area (Å²) in [6.45, 7) is 0. The van der Waals surface area contributed by atoms with E-state index in [4.69, 9.17) is 28.9 Å². The third kappa shape index (κ3) is 2.75. The van der Waals surface area contributed by atoms with Gasteiger partial charge in [0.2, 0.25) is 0 Å². The number of nitrogens with one attached hydrogen (secondary N) is 1. The number of H-pyrrole nitrogens is 1. The molecule has 0 aliphatic heterocycles. The SMILES string of the molecule is Nc1n[nH]c(-c2ccccc2I)c1-c1ccc(Cl)c(Cl)c1. The Morgan fingerprint density at radius 1 is 1.05 bits per heavy atom. The maximum absolute atomic E-state index is 6.11. The van der Waals surface area contributed by atoms with Crippen molar-refractivity contribution in [2.75, 3.05) is 5.73 Å². The Kier molecular flexibility index (Phi) is 4.10. The Morgan fingerprint density at radius 2 is 1.81 bits per heavy atom. The highest BCUT2D eigenvalue weighted by atomic mass is 127. The lowest BCUT2D eigenvalue weighted by Crippen LogP contribution is -1.90. The van der Waals surface area contributed by atoms with E-state index in [2.05, 4.69) is 32.8 Å². The van der Waals surface area contributed by atoms with Gasteiger partial charge in [0.1, 0.15) is 0 Å². The Labute approximate surface area is 145 Å². The number of nitrogens with two attached hydrogens (primary N) is 1. The van der Waals surface area contributed by atoms with Crippen LogP contribution in [0.15, 0.2) is 42.5 Å². The van der Waals surface area contributed by atoms with Crippen LogP contribution in [0.25, 0.3) is 22.4 Å². The van der Waals surface area contributed by atoms with Crippen LogP contribution in [0.2, 0.25) is 10.0 Å². The molecule has 0 atom stereocenters. The fraction of sp³-hybridized carbons (Fsp3) is 0. The van der Waals surface area contributed by atoms with E-state index in [0.29, 0.717) is 15.9 Å². The molecule has 0 aliphatic carbocycles. The van der Waals surface area contributed by atoms with Gasteiger partial charge in [-0.3, -0.25) is 5.10 Å². The van der Waals surface area contributed by atoms with Gasteiger partial charge in [0.15, 0.2) is 5.82 Å². The van der Waals surface area contributed by atoms with Crippen molar-refractivity contribution in [3.05, 3.63) is 56.1 Å². The maximum Gasteiger partial charge on any atom is 0.153 e. The van der Waals surface area contributed by atoms with Crippen molar-refractivity contribution in [1.29, 1.82) is 0 Å². The van der Waals surface area contributed by atoms with Crippen LogP contribution in [0.5, 0.6) is 0 Å². The smallest absolute Gasteiger partial charge is 0.153 e. The molecule has 21 heavy (non-hydrogen) atoms. The second-order valence-electron chi connectivity index (χ2n) is 4.47. The number of halogens is 3. The number of nitrogens with zero attached hydrogens (tertiary/aromatic N) is 1. The molecule has 0 saturated heterocycles. The fourth-order valence-electron chi connectivity index (χ4n) is 2.16. The van der Waals surface area contributed by atoms with Crippen LogP contribution in [0.3, 0.4) is 0 Å². The summed E-state index contributed by atoms with van der Waals surface area (Å²) in [4.78, 5) is 0. The molecule has 0 amide bonds. The van der Waals surface area contributed by atoms with E-state index >= 15 is 0 Å². The minimum atomic E-state index is 0.433. The zero-order chi connectivity index (χ0) is 15.0. The predicted octanol–water partition coefficient (Wildman–Crippen LogP) is 5.24. The van der Waals surface area contributed by atoms with Crippen LogP contribution < -0.4 is 5.73 Å². The summed E-state index contributed by atoms with van der Waals surface area (Å²) in [7, 11) is 0. The van der Waals surface area contributed by atoms with Gasteiger partial charge in [-0.1, -0.05) is 47.5 Å². The lowest BCUT2D eigenvalue weighted by Gasteiger charge is -2.07. The number of rotatable bonds is 2. The summed E-state index contributed by atoms with van der Waals surface area (Å²) in [6.07, 6.45) is 0. The second-order valence-corrected chi connectivity index (χ2v) is 6.44. The molecule has 1 heterocycles. The summed E-state index contributed by atoms with van der Waals surface area (Å²) in [5.74, 6) is 0.433. The van der Waals surface area contributed by atoms with Gasteiger partial charge in [0, 0.05) is 9.13 Å². The number of anilines is 1. The fourth-order valence-corrected chi connectivity index (χ4v) is 3.11. The normalized spacial score (nSPS) is 10.8. The summed E-state index contributed by atoms with van der Waals surface area (Å²) in [5, 5.41) is 8.15. The van der Waals surface area contributed by atoms with E-state index in [-0.39, 0.29) is 0 Å². The first-order chi connectivity index (χ1) is 10.1. The highest BCUT2D eigenvalue weighted by Crippen LogP contribution is 2.38. The van der Waals surface area contributed by atoms with Crippen LogP contribution in [-0.2, 0) is 0 Å². The van der Waals surface area contributed by atoms with Crippen LogP contribution in [-0.4, -0.2) is 10.2 Å². The molecular weight excluding hydrogens is 420 g/mol. The van der Waals surface area contributed by atoms with Crippen molar-refractivity contribution in [2.45, 2.75) is 0 Å².